The average molecular weight is 522 g/mol. The van der Waals surface area contributed by atoms with Gasteiger partial charge in [-0.05, 0) is 63.7 Å². The van der Waals surface area contributed by atoms with Gasteiger partial charge in [0.1, 0.15) is 0 Å². The Bertz CT molecular complexity index is 464. The molecule has 2 N–H and O–H groups in total. The van der Waals surface area contributed by atoms with Gasteiger partial charge in [0.25, 0.3) is 0 Å². The second-order valence-corrected chi connectivity index (χ2v) is 5.79. The third-order valence-corrected chi connectivity index (χ3v) is 6.46. The van der Waals surface area contributed by atoms with Crippen LogP contribution >= 0.6 is 63.7 Å². The Hall–Kier alpha value is 1.72. The molecule has 1 aromatic carbocycles. The number of carboxylic acids is 2. The largest absolute Gasteiger partial charge is 1.00 e. The smallest absolute Gasteiger partial charge is 1.00 e. The van der Waals surface area contributed by atoms with Gasteiger partial charge in [0.15, 0.2) is 0 Å². The number of halogens is 4. The Labute approximate surface area is 174 Å². The molecule has 0 unspecified atom stereocenters. The van der Waals surface area contributed by atoms with Crippen LogP contribution in [0.25, 0.3) is 0 Å². The molecule has 0 fully saturated rings. The summed E-state index contributed by atoms with van der Waals surface area (Å²) in [6.45, 7) is 0. The normalized spacial score (nSPS) is 9.65. The third kappa shape index (κ3) is 3.85. The third-order valence-electron chi connectivity index (χ3n) is 1.69. The molecule has 0 aliphatic heterocycles. The first-order valence-electron chi connectivity index (χ1n) is 3.61. The first kappa shape index (κ1) is 18.7. The zero-order valence-corrected chi connectivity index (χ0v) is 17.7. The van der Waals surface area contributed by atoms with Crippen LogP contribution in [0.1, 0.15) is 22.1 Å². The van der Waals surface area contributed by atoms with E-state index in [0.29, 0.717) is 8.95 Å². The summed E-state index contributed by atoms with van der Waals surface area (Å²) in [7, 11) is 0. The van der Waals surface area contributed by atoms with Gasteiger partial charge < -0.3 is 11.6 Å². The fourth-order valence-electron chi connectivity index (χ4n) is 1.03. The first-order valence-corrected chi connectivity index (χ1v) is 6.78. The molecule has 0 saturated heterocycles. The molecule has 0 radical (unpaired) electrons. The van der Waals surface area contributed by atoms with Gasteiger partial charge in [0.05, 0.1) is 11.1 Å². The van der Waals surface area contributed by atoms with Gasteiger partial charge in [-0.3, -0.25) is 0 Å². The fraction of sp³-hybridized carbons (Fsp3) is 0. The van der Waals surface area contributed by atoms with Gasteiger partial charge in [-0.15, -0.1) is 0 Å². The van der Waals surface area contributed by atoms with Gasteiger partial charge in [-0.25, -0.2) is 9.59 Å². The van der Waals surface area contributed by atoms with E-state index in [9.17, 15) is 9.59 Å². The Morgan fingerprint density at radius 2 is 1.00 bits per heavy atom. The van der Waals surface area contributed by atoms with Crippen molar-refractivity contribution in [2.75, 3.05) is 0 Å². The van der Waals surface area contributed by atoms with Gasteiger partial charge in [-0.1, -0.05) is 0 Å². The summed E-state index contributed by atoms with van der Waals surface area (Å²) in [5.41, 5.74) is -0.621. The summed E-state index contributed by atoms with van der Waals surface area (Å²) < 4.78 is 1.21. The molecule has 0 spiro atoms. The van der Waals surface area contributed by atoms with Crippen LogP contribution in [0.5, 0.6) is 0 Å². The van der Waals surface area contributed by atoms with Crippen LogP contribution in [-0.2, 0) is 0 Å². The van der Waals surface area contributed by atoms with E-state index in [-0.39, 0.29) is 72.9 Å². The monoisotopic (exact) mass is 518 g/mol. The minimum Gasteiger partial charge on any atom is -1.00 e. The number of rotatable bonds is 2. The molecule has 0 amide bonds. The van der Waals surface area contributed by atoms with Crippen LogP contribution in [0.4, 0.5) is 0 Å². The Kier molecular flexibility index (Phi) is 8.24. The van der Waals surface area contributed by atoms with Crippen molar-refractivity contribution in [1.82, 2.24) is 0 Å². The first-order chi connectivity index (χ1) is 7.29. The maximum absolute atomic E-state index is 11.0. The second-order valence-electron chi connectivity index (χ2n) is 2.62. The van der Waals surface area contributed by atoms with E-state index >= 15 is 0 Å². The van der Waals surface area contributed by atoms with Crippen LogP contribution in [0.2, 0.25) is 0 Å². The van der Waals surface area contributed by atoms with Crippen molar-refractivity contribution in [1.29, 1.82) is 0 Å². The number of hydrogen-bond acceptors (Lipinski definition) is 2. The summed E-state index contributed by atoms with van der Waals surface area (Å²) in [4.78, 5) is 22.0. The summed E-state index contributed by atoms with van der Waals surface area (Å²) in [5.74, 6) is -2.64. The van der Waals surface area contributed by atoms with Crippen LogP contribution in [-0.4, -0.2) is 22.2 Å². The summed E-state index contributed by atoms with van der Waals surface area (Å²) in [6.07, 6.45) is 0. The number of carbonyl (C=O) groups is 2. The average Bonchev–Trinajstić information content (AvgIpc) is 2.18. The van der Waals surface area contributed by atoms with Crippen molar-refractivity contribution in [2.24, 2.45) is 0 Å². The van der Waals surface area contributed by atoms with Crippen LogP contribution < -0.4 is 51.4 Å². The summed E-state index contributed by atoms with van der Waals surface area (Å²) in [5, 5.41) is 18.0. The predicted octanol–water partition coefficient (Wildman–Crippen LogP) is 1.25. The van der Waals surface area contributed by atoms with E-state index in [1.165, 1.54) is 0 Å². The predicted molar refractivity (Wildman–Crippen MR) is 72.3 cm³/mol. The molecule has 0 aromatic heterocycles. The fourth-order valence-corrected chi connectivity index (χ4v) is 3.49. The molecule has 0 atom stereocenters. The van der Waals surface area contributed by atoms with E-state index in [0.717, 1.165) is 0 Å². The maximum atomic E-state index is 11.0. The van der Waals surface area contributed by atoms with Crippen LogP contribution in [0, 0.1) is 0 Å². The van der Waals surface area contributed by atoms with E-state index in [1.54, 1.807) is 0 Å². The minimum atomic E-state index is -1.32. The van der Waals surface area contributed by atoms with Crippen LogP contribution in [0.3, 0.4) is 0 Å². The molecule has 0 aliphatic rings. The molecule has 1 aromatic rings. The van der Waals surface area contributed by atoms with E-state index < -0.39 is 11.9 Å². The molecule has 0 saturated carbocycles. The molecule has 9 heteroatoms. The number of aromatic carboxylic acids is 2. The Morgan fingerprint density at radius 1 is 0.765 bits per heavy atom. The summed E-state index contributed by atoms with van der Waals surface area (Å²) >= 11 is 12.4. The maximum Gasteiger partial charge on any atom is 1.00 e. The van der Waals surface area contributed by atoms with Crippen molar-refractivity contribution < 1.29 is 72.6 Å². The molecule has 0 bridgehead atoms. The quantitative estimate of drug-likeness (QED) is 0.349. The van der Waals surface area contributed by atoms with Crippen molar-refractivity contribution in [3.05, 3.63) is 29.0 Å². The van der Waals surface area contributed by atoms with Crippen molar-refractivity contribution in [3.63, 3.8) is 0 Å². The summed E-state index contributed by atoms with van der Waals surface area (Å²) in [6, 6.07) is 0. The molecular formula is C8H3Br4KO4. The molecule has 88 valence electrons. The van der Waals surface area contributed by atoms with Gasteiger partial charge in [0.2, 0.25) is 0 Å². The molecule has 0 heterocycles. The van der Waals surface area contributed by atoms with Gasteiger partial charge in [-0.2, -0.15) is 0 Å². The van der Waals surface area contributed by atoms with Gasteiger partial charge >= 0.3 is 63.3 Å². The minimum absolute atomic E-state index is 0. The van der Waals surface area contributed by atoms with Crippen molar-refractivity contribution in [3.8, 4) is 0 Å². The Morgan fingerprint density at radius 3 is 1.18 bits per heavy atom. The SMILES string of the molecule is O=C(O)c1c(Br)c(Br)c(Br)c(Br)c1C(=O)O.[H-].[K+]. The zero-order valence-electron chi connectivity index (χ0n) is 9.22. The molecule has 0 aliphatic carbocycles. The van der Waals surface area contributed by atoms with E-state index in [2.05, 4.69) is 63.7 Å². The van der Waals surface area contributed by atoms with Crippen molar-refractivity contribution in [2.45, 2.75) is 0 Å². The van der Waals surface area contributed by atoms with Crippen molar-refractivity contribution >= 4 is 75.7 Å². The molecular weight excluding hydrogens is 519 g/mol. The molecule has 1 rings (SSSR count). The molecule has 17 heavy (non-hydrogen) atoms. The Balaban J connectivity index is 0. The van der Waals surface area contributed by atoms with Crippen LogP contribution in [0.15, 0.2) is 17.9 Å². The van der Waals surface area contributed by atoms with E-state index in [4.69, 9.17) is 10.2 Å². The van der Waals surface area contributed by atoms with E-state index in [1.807, 2.05) is 0 Å². The number of hydrogen-bond donors (Lipinski definition) is 2. The number of benzene rings is 1. The second kappa shape index (κ2) is 7.49. The zero-order chi connectivity index (χ0) is 12.6. The number of carboxylic acid groups (broad SMARTS) is 2. The topological polar surface area (TPSA) is 74.6 Å². The standard InChI is InChI=1S/C8H2Br4O4.K.H/c9-3-1(7(13)14)2(8(15)16)4(10)6(12)5(3)11;;/h(H,13,14)(H,15,16);;/q;+1;-1. The van der Waals surface area contributed by atoms with Gasteiger partial charge in [0, 0.05) is 17.9 Å². The molecule has 4 nitrogen and oxygen atoms in total.